The molecule has 1 aromatic carbocycles. The molecule has 1 atom stereocenters. The number of nitrogens with two attached hydrogens (primary N) is 1. The zero-order valence-corrected chi connectivity index (χ0v) is 9.56. The highest BCUT2D eigenvalue weighted by Crippen LogP contribution is 2.22. The first-order valence-electron chi connectivity index (χ1n) is 5.62. The van der Waals surface area contributed by atoms with E-state index in [4.69, 9.17) is 5.73 Å². The molecule has 0 aromatic heterocycles. The van der Waals surface area contributed by atoms with Gasteiger partial charge in [0.05, 0.1) is 11.7 Å². The summed E-state index contributed by atoms with van der Waals surface area (Å²) >= 11 is 0. The van der Waals surface area contributed by atoms with E-state index in [0.29, 0.717) is 12.2 Å². The predicted molar refractivity (Wildman–Crippen MR) is 64.1 cm³/mol. The molecule has 1 fully saturated rings. The molecular weight excluding hydrogens is 205 g/mol. The average molecular weight is 223 g/mol. The highest BCUT2D eigenvalue weighted by Gasteiger charge is 2.25. The molecule has 0 saturated carbocycles. The Kier molecular flexibility index (Phi) is 3.41. The summed E-state index contributed by atoms with van der Waals surface area (Å²) in [7, 11) is 2.07. The van der Waals surface area contributed by atoms with Crippen molar-refractivity contribution >= 4 is 5.69 Å². The summed E-state index contributed by atoms with van der Waals surface area (Å²) in [6.07, 6.45) is 0. The maximum absolute atomic E-state index is 13.7. The van der Waals surface area contributed by atoms with Crippen LogP contribution in [0.15, 0.2) is 24.3 Å². The first kappa shape index (κ1) is 11.4. The van der Waals surface area contributed by atoms with E-state index < -0.39 is 0 Å². The Morgan fingerprint density at radius 3 is 2.81 bits per heavy atom. The third kappa shape index (κ3) is 2.18. The molecule has 1 aromatic rings. The zero-order valence-electron chi connectivity index (χ0n) is 9.56. The van der Waals surface area contributed by atoms with Crippen molar-refractivity contribution in [3.8, 4) is 0 Å². The molecule has 0 aliphatic carbocycles. The van der Waals surface area contributed by atoms with Crippen molar-refractivity contribution < 1.29 is 4.39 Å². The normalized spacial score (nSPS) is 22.4. The number of benzene rings is 1. The number of likely N-dealkylation sites (N-methyl/N-ethyl adjacent to an activating group) is 1. The fraction of sp³-hybridized carbons (Fsp3) is 0.500. The lowest BCUT2D eigenvalue weighted by Gasteiger charge is -2.41. The van der Waals surface area contributed by atoms with Gasteiger partial charge in [0.2, 0.25) is 0 Å². The van der Waals surface area contributed by atoms with Gasteiger partial charge < -0.3 is 15.5 Å². The number of hydrogen-bond donors (Lipinski definition) is 1. The Balaban J connectivity index is 2.22. The van der Waals surface area contributed by atoms with Crippen molar-refractivity contribution in [1.29, 1.82) is 0 Å². The largest absolute Gasteiger partial charge is 0.362 e. The summed E-state index contributed by atoms with van der Waals surface area (Å²) in [6, 6.07) is 7.11. The molecule has 0 amide bonds. The average Bonchev–Trinajstić information content (AvgIpc) is 2.30. The molecule has 3 nitrogen and oxygen atoms in total. The van der Waals surface area contributed by atoms with Crippen molar-refractivity contribution in [2.75, 3.05) is 38.1 Å². The quantitative estimate of drug-likeness (QED) is 0.808. The Morgan fingerprint density at radius 2 is 2.12 bits per heavy atom. The molecule has 1 saturated heterocycles. The summed E-state index contributed by atoms with van der Waals surface area (Å²) in [5.41, 5.74) is 6.42. The van der Waals surface area contributed by atoms with Crippen molar-refractivity contribution in [3.63, 3.8) is 0 Å². The standard InChI is InChI=1S/C12H18FN3/c1-15-6-7-16(10(8-14)9-15)12-5-3-2-4-11(12)13/h2-5,10H,6-9,14H2,1H3. The molecule has 0 spiro atoms. The molecule has 1 unspecified atom stereocenters. The van der Waals surface area contributed by atoms with E-state index in [9.17, 15) is 4.39 Å². The molecule has 1 heterocycles. The third-order valence-electron chi connectivity index (χ3n) is 3.12. The van der Waals surface area contributed by atoms with E-state index in [1.54, 1.807) is 6.07 Å². The van der Waals surface area contributed by atoms with Crippen LogP contribution in [0.4, 0.5) is 10.1 Å². The number of halogens is 1. The highest BCUT2D eigenvalue weighted by atomic mass is 19.1. The Morgan fingerprint density at radius 1 is 1.38 bits per heavy atom. The Hall–Kier alpha value is -1.13. The Labute approximate surface area is 95.6 Å². The second-order valence-electron chi connectivity index (χ2n) is 4.30. The van der Waals surface area contributed by atoms with E-state index in [2.05, 4.69) is 16.8 Å². The number of anilines is 1. The Bertz CT molecular complexity index is 356. The number of para-hydroxylation sites is 1. The van der Waals surface area contributed by atoms with Gasteiger partial charge in [-0.1, -0.05) is 12.1 Å². The van der Waals surface area contributed by atoms with Gasteiger partial charge in [0, 0.05) is 26.2 Å². The summed E-state index contributed by atoms with van der Waals surface area (Å²) in [5.74, 6) is -0.162. The van der Waals surface area contributed by atoms with Crippen LogP contribution in [-0.4, -0.2) is 44.2 Å². The molecular formula is C12H18FN3. The fourth-order valence-electron chi connectivity index (χ4n) is 2.21. The molecule has 1 aliphatic rings. The number of nitrogens with zero attached hydrogens (tertiary/aromatic N) is 2. The second-order valence-corrected chi connectivity index (χ2v) is 4.30. The first-order valence-corrected chi connectivity index (χ1v) is 5.62. The van der Waals surface area contributed by atoms with Crippen molar-refractivity contribution in [2.24, 2.45) is 5.73 Å². The van der Waals surface area contributed by atoms with Crippen molar-refractivity contribution in [2.45, 2.75) is 6.04 Å². The van der Waals surface area contributed by atoms with Crippen LogP contribution in [0.2, 0.25) is 0 Å². The van der Waals surface area contributed by atoms with E-state index in [1.165, 1.54) is 6.07 Å². The maximum Gasteiger partial charge on any atom is 0.146 e. The lowest BCUT2D eigenvalue weighted by molar-refractivity contribution is 0.268. The number of rotatable bonds is 2. The predicted octanol–water partition coefficient (Wildman–Crippen LogP) is 0.905. The van der Waals surface area contributed by atoms with Gasteiger partial charge in [-0.05, 0) is 19.2 Å². The minimum absolute atomic E-state index is 0.162. The summed E-state index contributed by atoms with van der Waals surface area (Å²) in [6.45, 7) is 3.23. The van der Waals surface area contributed by atoms with Gasteiger partial charge in [0.25, 0.3) is 0 Å². The van der Waals surface area contributed by atoms with Crippen LogP contribution in [0, 0.1) is 5.82 Å². The molecule has 88 valence electrons. The van der Waals surface area contributed by atoms with Gasteiger partial charge >= 0.3 is 0 Å². The van der Waals surface area contributed by atoms with Gasteiger partial charge in [0.15, 0.2) is 0 Å². The lowest BCUT2D eigenvalue weighted by Crippen LogP contribution is -2.55. The maximum atomic E-state index is 13.7. The monoisotopic (exact) mass is 223 g/mol. The van der Waals surface area contributed by atoms with Crippen LogP contribution < -0.4 is 10.6 Å². The van der Waals surface area contributed by atoms with Crippen LogP contribution >= 0.6 is 0 Å². The molecule has 4 heteroatoms. The third-order valence-corrected chi connectivity index (χ3v) is 3.12. The summed E-state index contributed by atoms with van der Waals surface area (Å²) in [4.78, 5) is 4.31. The van der Waals surface area contributed by atoms with Crippen LogP contribution in [-0.2, 0) is 0 Å². The SMILES string of the molecule is CN1CCN(c2ccccc2F)C(CN)C1. The van der Waals surface area contributed by atoms with Crippen molar-refractivity contribution in [1.82, 2.24) is 4.90 Å². The van der Waals surface area contributed by atoms with Gasteiger partial charge in [-0.25, -0.2) is 4.39 Å². The van der Waals surface area contributed by atoms with E-state index in [-0.39, 0.29) is 11.9 Å². The van der Waals surface area contributed by atoms with E-state index in [0.717, 1.165) is 19.6 Å². The minimum atomic E-state index is -0.162. The molecule has 16 heavy (non-hydrogen) atoms. The van der Waals surface area contributed by atoms with Gasteiger partial charge in [-0.3, -0.25) is 0 Å². The van der Waals surface area contributed by atoms with Crippen LogP contribution in [0.1, 0.15) is 0 Å². The molecule has 0 bridgehead atoms. The molecule has 1 aliphatic heterocycles. The van der Waals surface area contributed by atoms with Crippen LogP contribution in [0.3, 0.4) is 0 Å². The van der Waals surface area contributed by atoms with Gasteiger partial charge in [-0.15, -0.1) is 0 Å². The smallest absolute Gasteiger partial charge is 0.146 e. The van der Waals surface area contributed by atoms with E-state index in [1.807, 2.05) is 12.1 Å². The lowest BCUT2D eigenvalue weighted by atomic mass is 10.1. The number of piperazine rings is 1. The summed E-state index contributed by atoms with van der Waals surface area (Å²) in [5, 5.41) is 0. The molecule has 0 radical (unpaired) electrons. The molecule has 2 rings (SSSR count). The highest BCUT2D eigenvalue weighted by molar-refractivity contribution is 5.49. The first-order chi connectivity index (χ1) is 7.72. The zero-order chi connectivity index (χ0) is 11.5. The second kappa shape index (κ2) is 4.80. The minimum Gasteiger partial charge on any atom is -0.362 e. The van der Waals surface area contributed by atoms with E-state index >= 15 is 0 Å². The topological polar surface area (TPSA) is 32.5 Å². The van der Waals surface area contributed by atoms with Crippen LogP contribution in [0.5, 0.6) is 0 Å². The van der Waals surface area contributed by atoms with Gasteiger partial charge in [-0.2, -0.15) is 0 Å². The van der Waals surface area contributed by atoms with Crippen molar-refractivity contribution in [3.05, 3.63) is 30.1 Å². The van der Waals surface area contributed by atoms with Gasteiger partial charge in [0.1, 0.15) is 5.82 Å². The summed E-state index contributed by atoms with van der Waals surface area (Å²) < 4.78 is 13.7. The molecule has 2 N–H and O–H groups in total. The number of hydrogen-bond acceptors (Lipinski definition) is 3. The van der Waals surface area contributed by atoms with Crippen LogP contribution in [0.25, 0.3) is 0 Å². The fourth-order valence-corrected chi connectivity index (χ4v) is 2.21.